The fraction of sp³-hybridized carbons (Fsp3) is 0.536. The van der Waals surface area contributed by atoms with Crippen LogP contribution in [0.3, 0.4) is 0 Å². The predicted molar refractivity (Wildman–Crippen MR) is 135 cm³/mol. The Morgan fingerprint density at radius 2 is 1.56 bits per heavy atom. The van der Waals surface area contributed by atoms with Crippen LogP contribution in [0.15, 0.2) is 35.1 Å². The van der Waals surface area contributed by atoms with Gasteiger partial charge in [0, 0.05) is 40.5 Å². The average Bonchev–Trinajstić information content (AvgIpc) is 2.65. The first-order valence-corrected chi connectivity index (χ1v) is 12.2. The average molecular weight is 464 g/mol. The van der Waals surface area contributed by atoms with Crippen molar-refractivity contribution in [2.75, 3.05) is 0 Å². The molecule has 0 bridgehead atoms. The van der Waals surface area contributed by atoms with Gasteiger partial charge in [-0.3, -0.25) is 19.0 Å². The Morgan fingerprint density at radius 3 is 2.15 bits per heavy atom. The number of aromatic nitrogens is 1. The van der Waals surface area contributed by atoms with Gasteiger partial charge in [-0.15, -0.1) is 0 Å². The van der Waals surface area contributed by atoms with E-state index in [4.69, 9.17) is 0 Å². The zero-order chi connectivity index (χ0) is 25.1. The van der Waals surface area contributed by atoms with E-state index in [9.17, 15) is 14.4 Å². The van der Waals surface area contributed by atoms with Crippen molar-refractivity contribution in [1.29, 1.82) is 0 Å². The summed E-state index contributed by atoms with van der Waals surface area (Å²) in [6.07, 6.45) is 2.50. The lowest BCUT2D eigenvalue weighted by Crippen LogP contribution is -2.62. The van der Waals surface area contributed by atoms with E-state index in [0.29, 0.717) is 29.8 Å². The Kier molecular flexibility index (Phi) is 5.88. The number of carbonyl (C=O) groups excluding carboxylic acids is 2. The van der Waals surface area contributed by atoms with E-state index in [1.807, 2.05) is 45.0 Å². The number of Topliss-reactive ketones (excluding diaryl/α,β-unsaturated/α-hetero) is 1. The lowest BCUT2D eigenvalue weighted by Gasteiger charge is -2.46. The van der Waals surface area contributed by atoms with Crippen LogP contribution in [-0.2, 0) is 6.42 Å². The van der Waals surface area contributed by atoms with Crippen LogP contribution in [-0.4, -0.2) is 33.4 Å². The van der Waals surface area contributed by atoms with E-state index in [0.717, 1.165) is 18.4 Å². The summed E-state index contributed by atoms with van der Waals surface area (Å²) < 4.78 is 1.58. The van der Waals surface area contributed by atoms with Crippen molar-refractivity contribution in [2.24, 2.45) is 5.41 Å². The number of nitrogens with zero attached hydrogens (tertiary/aromatic N) is 1. The lowest BCUT2D eigenvalue weighted by atomic mass is 9.75. The largest absolute Gasteiger partial charge is 0.349 e. The molecule has 2 N–H and O–H groups in total. The number of aryl methyl sites for hydroxylation is 1. The van der Waals surface area contributed by atoms with Crippen LogP contribution in [0.25, 0.3) is 5.69 Å². The highest BCUT2D eigenvalue weighted by molar-refractivity contribution is 6.02. The van der Waals surface area contributed by atoms with Gasteiger partial charge >= 0.3 is 0 Å². The van der Waals surface area contributed by atoms with Gasteiger partial charge in [0.25, 0.3) is 11.5 Å². The summed E-state index contributed by atoms with van der Waals surface area (Å²) in [7, 11) is 0. The number of piperidine rings is 1. The highest BCUT2D eigenvalue weighted by Gasteiger charge is 2.39. The summed E-state index contributed by atoms with van der Waals surface area (Å²) in [5, 5.41) is 6.72. The zero-order valence-corrected chi connectivity index (χ0v) is 21.5. The number of hydrogen-bond acceptors (Lipinski definition) is 4. The summed E-state index contributed by atoms with van der Waals surface area (Å²) in [4.78, 5) is 40.3. The molecule has 34 heavy (non-hydrogen) atoms. The van der Waals surface area contributed by atoms with Crippen LogP contribution >= 0.6 is 0 Å². The quantitative estimate of drug-likeness (QED) is 0.710. The van der Waals surface area contributed by atoms with E-state index < -0.39 is 5.91 Å². The maximum absolute atomic E-state index is 13.8. The van der Waals surface area contributed by atoms with E-state index >= 15 is 0 Å². The molecule has 4 rings (SSSR count). The topological polar surface area (TPSA) is 80.2 Å². The molecular formula is C28H37N3O3. The summed E-state index contributed by atoms with van der Waals surface area (Å²) >= 11 is 0. The van der Waals surface area contributed by atoms with E-state index in [2.05, 4.69) is 38.3 Å². The summed E-state index contributed by atoms with van der Waals surface area (Å²) in [5.41, 5.74) is 2.05. The molecule has 2 aliphatic rings. The maximum atomic E-state index is 13.8. The van der Waals surface area contributed by atoms with Gasteiger partial charge in [0.1, 0.15) is 5.56 Å². The minimum absolute atomic E-state index is 0.0229. The van der Waals surface area contributed by atoms with Crippen molar-refractivity contribution in [1.82, 2.24) is 15.2 Å². The zero-order valence-electron chi connectivity index (χ0n) is 21.5. The van der Waals surface area contributed by atoms with E-state index in [-0.39, 0.29) is 39.4 Å². The molecular weight excluding hydrogens is 426 g/mol. The molecule has 6 nitrogen and oxygen atoms in total. The third-order valence-corrected chi connectivity index (χ3v) is 6.95. The van der Waals surface area contributed by atoms with Gasteiger partial charge in [0.05, 0.1) is 0 Å². The number of benzene rings is 1. The van der Waals surface area contributed by atoms with E-state index in [1.54, 1.807) is 4.57 Å². The molecule has 1 aromatic heterocycles. The van der Waals surface area contributed by atoms with Crippen molar-refractivity contribution >= 4 is 11.7 Å². The first kappa shape index (κ1) is 24.4. The first-order chi connectivity index (χ1) is 15.7. The molecule has 0 saturated carbocycles. The number of pyridine rings is 1. The monoisotopic (exact) mass is 463 g/mol. The Bertz CT molecular complexity index is 1190. The molecule has 1 saturated heterocycles. The number of nitrogens with one attached hydrogen (secondary N) is 2. The number of carbonyl (C=O) groups is 2. The lowest BCUT2D eigenvalue weighted by molar-refractivity contribution is 0.0871. The second-order valence-corrected chi connectivity index (χ2v) is 12.3. The molecule has 0 atom stereocenters. The van der Waals surface area contributed by atoms with Crippen molar-refractivity contribution in [2.45, 2.75) is 91.3 Å². The van der Waals surface area contributed by atoms with E-state index in [1.165, 1.54) is 6.07 Å². The van der Waals surface area contributed by atoms with Crippen LogP contribution in [0.2, 0.25) is 0 Å². The van der Waals surface area contributed by atoms with Gasteiger partial charge in [0.2, 0.25) is 0 Å². The smallest absolute Gasteiger partial charge is 0.268 e. The van der Waals surface area contributed by atoms with Crippen LogP contribution in [0.4, 0.5) is 0 Å². The van der Waals surface area contributed by atoms with Crippen molar-refractivity contribution in [3.63, 3.8) is 0 Å². The molecule has 1 fully saturated rings. The Morgan fingerprint density at radius 1 is 0.971 bits per heavy atom. The van der Waals surface area contributed by atoms with Crippen LogP contribution < -0.4 is 16.2 Å². The highest BCUT2D eigenvalue weighted by atomic mass is 16.2. The van der Waals surface area contributed by atoms with Gasteiger partial charge in [-0.2, -0.15) is 0 Å². The highest BCUT2D eigenvalue weighted by Crippen LogP contribution is 2.35. The van der Waals surface area contributed by atoms with Gasteiger partial charge < -0.3 is 10.6 Å². The molecule has 1 aromatic carbocycles. The summed E-state index contributed by atoms with van der Waals surface area (Å²) in [6.45, 7) is 14.6. The summed E-state index contributed by atoms with van der Waals surface area (Å²) in [6, 6.07) is 9.10. The van der Waals surface area contributed by atoms with Gasteiger partial charge in [-0.25, -0.2) is 0 Å². The number of rotatable bonds is 3. The molecule has 2 aromatic rings. The van der Waals surface area contributed by atoms with Crippen LogP contribution in [0.1, 0.15) is 92.8 Å². The first-order valence-electron chi connectivity index (χ1n) is 12.2. The normalized spacial score (nSPS) is 21.1. The molecule has 1 aliphatic heterocycles. The second-order valence-electron chi connectivity index (χ2n) is 12.3. The molecule has 182 valence electrons. The Hall–Kier alpha value is -2.73. The SMILES string of the molecule is Cc1ccc(-n2c3c(cc(C(=O)NC4CC(C)(C)NC(C)(C)C4)c2=O)C(=O)CC(C)(C)C3)cc1. The molecule has 1 amide bonds. The second kappa shape index (κ2) is 8.19. The third-order valence-electron chi connectivity index (χ3n) is 6.95. The molecule has 0 radical (unpaired) electrons. The molecule has 1 aliphatic carbocycles. The van der Waals surface area contributed by atoms with Gasteiger partial charge in [-0.1, -0.05) is 31.5 Å². The Labute approximate surface area is 202 Å². The van der Waals surface area contributed by atoms with Crippen molar-refractivity contribution < 1.29 is 9.59 Å². The molecule has 0 spiro atoms. The fourth-order valence-corrected chi connectivity index (χ4v) is 5.93. The predicted octanol–water partition coefficient (Wildman–Crippen LogP) is 4.34. The number of ketones is 1. The number of fused-ring (bicyclic) bond motifs is 1. The van der Waals surface area contributed by atoms with Crippen molar-refractivity contribution in [3.8, 4) is 5.69 Å². The van der Waals surface area contributed by atoms with Gasteiger partial charge in [0.15, 0.2) is 5.78 Å². The van der Waals surface area contributed by atoms with Crippen LogP contribution in [0, 0.1) is 12.3 Å². The Balaban J connectivity index is 1.80. The number of hydrogen-bond donors (Lipinski definition) is 2. The van der Waals surface area contributed by atoms with Gasteiger partial charge in [-0.05, 0) is 77.5 Å². The molecule has 2 heterocycles. The molecule has 0 unspecified atom stereocenters. The van der Waals surface area contributed by atoms with Crippen molar-refractivity contribution in [3.05, 3.63) is 63.1 Å². The number of amides is 1. The standard InChI is InChI=1S/C28H37N3O3/c1-17-8-10-19(11-9-17)31-22-15-26(2,3)16-23(32)20(22)12-21(25(31)34)24(33)29-18-13-27(4,5)30-28(6,7)14-18/h8-12,18,30H,13-16H2,1-7H3,(H,29,33). The fourth-order valence-electron chi connectivity index (χ4n) is 5.93. The summed E-state index contributed by atoms with van der Waals surface area (Å²) in [5.74, 6) is -0.435. The van der Waals surface area contributed by atoms with Crippen LogP contribution in [0.5, 0.6) is 0 Å². The maximum Gasteiger partial charge on any atom is 0.268 e. The minimum atomic E-state index is -0.412. The molecule has 6 heteroatoms. The minimum Gasteiger partial charge on any atom is -0.349 e. The third kappa shape index (κ3) is 4.88.